The molecule has 0 saturated carbocycles. The Morgan fingerprint density at radius 3 is 2.22 bits per heavy atom. The summed E-state index contributed by atoms with van der Waals surface area (Å²) in [6, 6.07) is 22.4. The van der Waals surface area contributed by atoms with Gasteiger partial charge in [-0.05, 0) is 29.0 Å². The minimum Gasteiger partial charge on any atom is -0.369 e. The fourth-order valence-electron chi connectivity index (χ4n) is 2.97. The summed E-state index contributed by atoms with van der Waals surface area (Å²) in [7, 11) is 0. The Labute approximate surface area is 136 Å². The summed E-state index contributed by atoms with van der Waals surface area (Å²) in [6.07, 6.45) is 0. The van der Waals surface area contributed by atoms with Crippen molar-refractivity contribution in [2.75, 3.05) is 4.90 Å². The van der Waals surface area contributed by atoms with Crippen LogP contribution >= 0.6 is 0 Å². The van der Waals surface area contributed by atoms with Crippen molar-refractivity contribution in [3.05, 3.63) is 72.3 Å². The molecular formula is C20H21N3. The van der Waals surface area contributed by atoms with E-state index < -0.39 is 0 Å². The van der Waals surface area contributed by atoms with Gasteiger partial charge in [0.05, 0.1) is 11.4 Å². The lowest BCUT2D eigenvalue weighted by atomic mass is 9.99. The van der Waals surface area contributed by atoms with E-state index in [-0.39, 0.29) is 5.96 Å². The molecule has 3 aromatic rings. The van der Waals surface area contributed by atoms with Crippen LogP contribution in [0.4, 0.5) is 11.4 Å². The maximum atomic E-state index is 8.14. The average Bonchev–Trinajstić information content (AvgIpc) is 2.55. The molecule has 3 nitrogen and oxygen atoms in total. The van der Waals surface area contributed by atoms with Gasteiger partial charge in [0, 0.05) is 5.39 Å². The van der Waals surface area contributed by atoms with E-state index in [1.165, 1.54) is 5.56 Å². The third-order valence-electron chi connectivity index (χ3n) is 4.05. The van der Waals surface area contributed by atoms with Crippen LogP contribution in [-0.4, -0.2) is 5.96 Å². The summed E-state index contributed by atoms with van der Waals surface area (Å²) in [4.78, 5) is 1.83. The second kappa shape index (κ2) is 6.13. The first-order valence-corrected chi connectivity index (χ1v) is 7.80. The molecule has 0 atom stereocenters. The molecule has 3 rings (SSSR count). The largest absolute Gasteiger partial charge is 0.369 e. The van der Waals surface area contributed by atoms with Crippen molar-refractivity contribution < 1.29 is 0 Å². The molecule has 0 aliphatic heterocycles. The first-order valence-electron chi connectivity index (χ1n) is 7.80. The molecule has 0 aliphatic rings. The van der Waals surface area contributed by atoms with Gasteiger partial charge in [0.2, 0.25) is 0 Å². The Morgan fingerprint density at radius 2 is 1.48 bits per heavy atom. The van der Waals surface area contributed by atoms with E-state index >= 15 is 0 Å². The molecule has 0 saturated heterocycles. The zero-order valence-corrected chi connectivity index (χ0v) is 13.5. The van der Waals surface area contributed by atoms with Crippen LogP contribution in [0.2, 0.25) is 0 Å². The van der Waals surface area contributed by atoms with Crippen LogP contribution in [0, 0.1) is 5.41 Å². The molecule has 3 heteroatoms. The van der Waals surface area contributed by atoms with Gasteiger partial charge in [-0.15, -0.1) is 0 Å². The van der Waals surface area contributed by atoms with Crippen LogP contribution in [0.5, 0.6) is 0 Å². The third kappa shape index (κ3) is 2.78. The van der Waals surface area contributed by atoms with Gasteiger partial charge >= 0.3 is 0 Å². The van der Waals surface area contributed by atoms with E-state index in [9.17, 15) is 0 Å². The number of nitrogens with zero attached hydrogens (tertiary/aromatic N) is 1. The van der Waals surface area contributed by atoms with Gasteiger partial charge in [0.1, 0.15) is 0 Å². The summed E-state index contributed by atoms with van der Waals surface area (Å²) in [5.41, 5.74) is 9.04. The average molecular weight is 303 g/mol. The molecule has 3 N–H and O–H groups in total. The Hall–Kier alpha value is -2.81. The van der Waals surface area contributed by atoms with Crippen LogP contribution in [0.3, 0.4) is 0 Å². The Kier molecular flexibility index (Phi) is 4.02. The molecular weight excluding hydrogens is 282 g/mol. The molecule has 0 aromatic heterocycles. The second-order valence-electron chi connectivity index (χ2n) is 5.93. The van der Waals surface area contributed by atoms with Crippen molar-refractivity contribution in [3.8, 4) is 0 Å². The lowest BCUT2D eigenvalue weighted by molar-refractivity contribution is 0.865. The van der Waals surface area contributed by atoms with Crippen LogP contribution in [-0.2, 0) is 0 Å². The number of hydrogen-bond donors (Lipinski definition) is 2. The number of rotatable bonds is 3. The summed E-state index contributed by atoms with van der Waals surface area (Å²) in [6.45, 7) is 4.31. The molecule has 0 heterocycles. The van der Waals surface area contributed by atoms with Crippen LogP contribution in [0.15, 0.2) is 66.7 Å². The van der Waals surface area contributed by atoms with Gasteiger partial charge in [0.25, 0.3) is 0 Å². The molecule has 0 spiro atoms. The number of fused-ring (bicyclic) bond motifs is 1. The predicted octanol–water partition coefficient (Wildman–Crippen LogP) is 4.99. The first kappa shape index (κ1) is 15.1. The van der Waals surface area contributed by atoms with Crippen LogP contribution in [0.25, 0.3) is 10.8 Å². The molecule has 0 amide bonds. The number of anilines is 2. The van der Waals surface area contributed by atoms with Crippen LogP contribution < -0.4 is 10.6 Å². The number of nitrogens with one attached hydrogen (secondary N) is 1. The topological polar surface area (TPSA) is 53.1 Å². The van der Waals surface area contributed by atoms with Gasteiger partial charge in [0.15, 0.2) is 5.96 Å². The minimum absolute atomic E-state index is 0.0226. The molecule has 0 bridgehead atoms. The lowest BCUT2D eigenvalue weighted by Crippen LogP contribution is -2.33. The fraction of sp³-hybridized carbons (Fsp3) is 0.150. The lowest BCUT2D eigenvalue weighted by Gasteiger charge is -2.27. The van der Waals surface area contributed by atoms with Gasteiger partial charge in [-0.25, -0.2) is 0 Å². The fourth-order valence-corrected chi connectivity index (χ4v) is 2.97. The quantitative estimate of drug-likeness (QED) is 0.528. The van der Waals surface area contributed by atoms with E-state index in [0.29, 0.717) is 5.92 Å². The number of para-hydroxylation sites is 1. The second-order valence-corrected chi connectivity index (χ2v) is 5.93. The van der Waals surface area contributed by atoms with Crippen molar-refractivity contribution in [2.45, 2.75) is 19.8 Å². The predicted molar refractivity (Wildman–Crippen MR) is 98.5 cm³/mol. The van der Waals surface area contributed by atoms with Gasteiger partial charge < -0.3 is 5.73 Å². The Bertz CT molecular complexity index is 847. The zero-order chi connectivity index (χ0) is 16.4. The standard InChI is InChI=1S/C20H21N3/c1-14(2)16-10-5-6-12-18(16)23(20(21)22)19-13-7-9-15-8-3-4-11-17(15)19/h3-14H,1-2H3,(H3,21,22). The number of benzene rings is 3. The number of hydrogen-bond acceptors (Lipinski definition) is 1. The van der Waals surface area contributed by atoms with Gasteiger partial charge in [-0.3, -0.25) is 10.3 Å². The van der Waals surface area contributed by atoms with Crippen molar-refractivity contribution in [3.63, 3.8) is 0 Å². The monoisotopic (exact) mass is 303 g/mol. The normalized spacial score (nSPS) is 10.9. The zero-order valence-electron chi connectivity index (χ0n) is 13.5. The summed E-state index contributed by atoms with van der Waals surface area (Å²) in [5, 5.41) is 10.4. The molecule has 116 valence electrons. The van der Waals surface area contributed by atoms with Crippen LogP contribution in [0.1, 0.15) is 25.3 Å². The van der Waals surface area contributed by atoms with Gasteiger partial charge in [-0.2, -0.15) is 0 Å². The van der Waals surface area contributed by atoms with E-state index in [4.69, 9.17) is 11.1 Å². The SMILES string of the molecule is CC(C)c1ccccc1N(C(=N)N)c1cccc2ccccc12. The molecule has 0 radical (unpaired) electrons. The highest BCUT2D eigenvalue weighted by Gasteiger charge is 2.19. The maximum Gasteiger partial charge on any atom is 0.197 e. The van der Waals surface area contributed by atoms with E-state index in [0.717, 1.165) is 22.1 Å². The summed E-state index contributed by atoms with van der Waals surface area (Å²) in [5.74, 6) is 0.373. The van der Waals surface area contributed by atoms with Crippen molar-refractivity contribution >= 4 is 28.1 Å². The Morgan fingerprint density at radius 1 is 0.870 bits per heavy atom. The molecule has 23 heavy (non-hydrogen) atoms. The highest BCUT2D eigenvalue weighted by Crippen LogP contribution is 2.36. The molecule has 0 fully saturated rings. The van der Waals surface area contributed by atoms with E-state index in [1.807, 2.05) is 47.4 Å². The first-order chi connectivity index (χ1) is 11.1. The van der Waals surface area contributed by atoms with Crippen molar-refractivity contribution in [1.29, 1.82) is 5.41 Å². The summed E-state index contributed by atoms with van der Waals surface area (Å²) < 4.78 is 0. The maximum absolute atomic E-state index is 8.14. The molecule has 0 unspecified atom stereocenters. The minimum atomic E-state index is 0.0226. The molecule has 3 aromatic carbocycles. The van der Waals surface area contributed by atoms with Crippen molar-refractivity contribution in [2.24, 2.45) is 5.73 Å². The highest BCUT2D eigenvalue weighted by atomic mass is 15.2. The third-order valence-corrected chi connectivity index (χ3v) is 4.05. The van der Waals surface area contributed by atoms with E-state index in [1.54, 1.807) is 0 Å². The highest BCUT2D eigenvalue weighted by molar-refractivity contribution is 6.08. The molecule has 0 aliphatic carbocycles. The number of nitrogens with two attached hydrogens (primary N) is 1. The number of guanidine groups is 1. The smallest absolute Gasteiger partial charge is 0.197 e. The Balaban J connectivity index is 2.26. The summed E-state index contributed by atoms with van der Waals surface area (Å²) >= 11 is 0. The van der Waals surface area contributed by atoms with Gasteiger partial charge in [-0.1, -0.05) is 68.4 Å². The van der Waals surface area contributed by atoms with Crippen molar-refractivity contribution in [1.82, 2.24) is 0 Å². The van der Waals surface area contributed by atoms with E-state index in [2.05, 4.69) is 38.1 Å².